The summed E-state index contributed by atoms with van der Waals surface area (Å²) in [5.41, 5.74) is 0. The summed E-state index contributed by atoms with van der Waals surface area (Å²) in [6.07, 6.45) is 42.3. The van der Waals surface area contributed by atoms with E-state index >= 15 is 0 Å². The van der Waals surface area contributed by atoms with Crippen molar-refractivity contribution < 1.29 is 71.4 Å². The molecule has 0 aliphatic rings. The number of unbranched alkanes of at least 4 members (excludes halogenated alkanes) is 20. The highest BCUT2D eigenvalue weighted by Crippen LogP contribution is 2.45. The van der Waals surface area contributed by atoms with Crippen molar-refractivity contribution in [2.24, 2.45) is 0 Å². The lowest BCUT2D eigenvalue weighted by molar-refractivity contribution is -0.148. The third kappa shape index (κ3) is 47.1. The maximum atomic E-state index is 12.2. The molecule has 0 aromatic rings. The minimum atomic E-state index is -4.79. The number of hydrogen-bond acceptors (Lipinski definition) is 13. The minimum Gasteiger partial charge on any atom is -0.463 e. The highest BCUT2D eigenvalue weighted by molar-refractivity contribution is 7.47. The number of carbonyl (C=O) groups is 2. The van der Waals surface area contributed by atoms with Crippen molar-refractivity contribution in [1.29, 1.82) is 0 Å². The summed E-state index contributed by atoms with van der Waals surface area (Å²) in [5.74, 6) is -1.01. The van der Waals surface area contributed by atoms with Gasteiger partial charge in [0.25, 0.3) is 0 Å². The number of allylic oxidation sites excluding steroid dienone is 8. The summed E-state index contributed by atoms with van der Waals surface area (Å²) < 4.78 is 53.0. The second-order valence-electron chi connectivity index (χ2n) is 16.8. The van der Waals surface area contributed by atoms with Crippen LogP contribution in [0.3, 0.4) is 0 Å². The van der Waals surface area contributed by atoms with Gasteiger partial charge < -0.3 is 34.6 Å². The van der Waals surface area contributed by atoms with Crippen molar-refractivity contribution in [1.82, 2.24) is 0 Å². The Hall–Kier alpha value is -2.00. The van der Waals surface area contributed by atoms with Gasteiger partial charge in [0.1, 0.15) is 31.5 Å². The number of phosphoric ester groups is 2. The Balaban J connectivity index is 3.89. The van der Waals surface area contributed by atoms with Crippen LogP contribution in [0.1, 0.15) is 194 Å². The van der Waals surface area contributed by atoms with Crippen molar-refractivity contribution in [3.05, 3.63) is 48.6 Å². The molecule has 0 bridgehead atoms. The quantitative estimate of drug-likeness (QED) is 0.0165. The molecule has 0 spiro atoms. The maximum Gasteiger partial charge on any atom is 0.472 e. The van der Waals surface area contributed by atoms with Crippen LogP contribution in [0.25, 0.3) is 0 Å². The van der Waals surface area contributed by atoms with E-state index in [0.717, 1.165) is 77.0 Å². The van der Waals surface area contributed by atoms with Gasteiger partial charge in [-0.2, -0.15) is 0 Å². The lowest BCUT2D eigenvalue weighted by atomic mass is 10.1. The van der Waals surface area contributed by atoms with Crippen LogP contribution in [0, 0.1) is 0 Å². The van der Waals surface area contributed by atoms with E-state index in [1.165, 1.54) is 77.0 Å². The first-order valence-electron chi connectivity index (χ1n) is 25.0. The summed E-state index contributed by atoms with van der Waals surface area (Å²) in [7, 11) is -9.58. The predicted molar refractivity (Wildman–Crippen MR) is 261 cm³/mol. The molecule has 0 amide bonds. The summed E-state index contributed by atoms with van der Waals surface area (Å²) in [6.45, 7) is 0.361. The molecule has 0 aromatic carbocycles. The molecule has 0 rings (SSSR count). The summed E-state index contributed by atoms with van der Waals surface area (Å²) in [6, 6.07) is 0. The van der Waals surface area contributed by atoms with Crippen LogP contribution in [0.5, 0.6) is 0 Å². The molecule has 0 aliphatic heterocycles. The normalized spacial score (nSPS) is 15.4. The third-order valence-electron chi connectivity index (χ3n) is 10.3. The van der Waals surface area contributed by atoms with Crippen LogP contribution in [-0.2, 0) is 46.3 Å². The molecule has 0 aliphatic carbocycles. The zero-order valence-electron chi connectivity index (χ0n) is 40.6. The fraction of sp³-hybridized carbons (Fsp3) is 0.796. The summed E-state index contributed by atoms with van der Waals surface area (Å²) >= 11 is 0. The van der Waals surface area contributed by atoms with Gasteiger partial charge in [-0.15, -0.1) is 0 Å². The minimum absolute atomic E-state index is 0.187. The molecule has 15 nitrogen and oxygen atoms in total. The van der Waals surface area contributed by atoms with Gasteiger partial charge >= 0.3 is 27.6 Å². The Morgan fingerprint density at radius 1 is 0.394 bits per heavy atom. The fourth-order valence-corrected chi connectivity index (χ4v) is 7.92. The molecular weight excluding hydrogens is 890 g/mol. The van der Waals surface area contributed by atoms with Gasteiger partial charge in [0.15, 0.2) is 0 Å². The molecule has 17 heteroatoms. The van der Waals surface area contributed by atoms with E-state index in [4.69, 9.17) is 9.47 Å². The molecular formula is C49H90O15P2. The topological polar surface area (TPSA) is 225 Å². The first kappa shape index (κ1) is 64.0. The number of hydrogen-bond donors (Lipinski definition) is 5. The van der Waals surface area contributed by atoms with E-state index in [0.29, 0.717) is 12.8 Å². The smallest absolute Gasteiger partial charge is 0.463 e. The van der Waals surface area contributed by atoms with Crippen LogP contribution in [0.2, 0.25) is 0 Å². The second kappa shape index (κ2) is 45.4. The van der Waals surface area contributed by atoms with Crippen LogP contribution in [0.15, 0.2) is 48.6 Å². The third-order valence-corrected chi connectivity index (χ3v) is 12.2. The first-order valence-corrected chi connectivity index (χ1v) is 28.0. The summed E-state index contributed by atoms with van der Waals surface area (Å²) in [4.78, 5) is 43.8. The molecule has 5 N–H and O–H groups in total. The Morgan fingerprint density at radius 3 is 0.955 bits per heavy atom. The maximum absolute atomic E-state index is 12.2. The van der Waals surface area contributed by atoms with Crippen LogP contribution < -0.4 is 0 Å². The molecule has 0 saturated carbocycles. The number of ether oxygens (including phenoxy) is 2. The van der Waals surface area contributed by atoms with Gasteiger partial charge in [-0.1, -0.05) is 152 Å². The van der Waals surface area contributed by atoms with Gasteiger partial charge in [0, 0.05) is 12.8 Å². The van der Waals surface area contributed by atoms with Gasteiger partial charge in [-0.25, -0.2) is 9.13 Å². The predicted octanol–water partition coefficient (Wildman–Crippen LogP) is 11.6. The molecule has 386 valence electrons. The molecule has 0 fully saturated rings. The fourth-order valence-electron chi connectivity index (χ4n) is 6.33. The average molecular weight is 981 g/mol. The number of carbonyl (C=O) groups excluding carboxylic acids is 2. The van der Waals surface area contributed by atoms with Crippen LogP contribution >= 0.6 is 15.6 Å². The number of esters is 2. The van der Waals surface area contributed by atoms with Crippen molar-refractivity contribution in [3.8, 4) is 0 Å². The average Bonchev–Trinajstić information content (AvgIpc) is 3.29. The molecule has 4 atom stereocenters. The summed E-state index contributed by atoms with van der Waals surface area (Å²) in [5, 5.41) is 30.0. The Kier molecular flexibility index (Phi) is 44.1. The number of aliphatic hydroxyl groups excluding tert-OH is 3. The van der Waals surface area contributed by atoms with E-state index in [1.54, 1.807) is 0 Å². The molecule has 66 heavy (non-hydrogen) atoms. The van der Waals surface area contributed by atoms with E-state index in [1.807, 2.05) is 0 Å². The highest BCUT2D eigenvalue weighted by Gasteiger charge is 2.28. The van der Waals surface area contributed by atoms with Crippen molar-refractivity contribution in [3.63, 3.8) is 0 Å². The van der Waals surface area contributed by atoms with Crippen molar-refractivity contribution in [2.75, 3.05) is 39.6 Å². The number of rotatable bonds is 48. The van der Waals surface area contributed by atoms with E-state index in [9.17, 15) is 43.8 Å². The lowest BCUT2D eigenvalue weighted by Gasteiger charge is -2.19. The zero-order chi connectivity index (χ0) is 48.8. The molecule has 0 heterocycles. The Morgan fingerprint density at radius 2 is 0.652 bits per heavy atom. The van der Waals surface area contributed by atoms with Crippen molar-refractivity contribution in [2.45, 2.75) is 212 Å². The second-order valence-corrected chi connectivity index (χ2v) is 19.7. The van der Waals surface area contributed by atoms with E-state index in [2.05, 4.69) is 80.6 Å². The standard InChI is InChI=1S/C49H90O15P2/c1-3-5-7-9-11-13-15-17-19-21-23-25-27-29-31-33-35-37-48(53)59-39-45(50)41-61-65(55,56)63-43-47(52)44-64-66(57,58)62-42-46(51)40-60-49(54)38-36-34-32-30-28-26-24-22-20-18-16-14-12-10-8-6-4-2/h11-14,17-20,45-47,50-52H,3-10,15-16,21-44H2,1-2H3,(H,55,56)(H,57,58)/b13-11-,14-12-,19-17-,20-18-. The van der Waals surface area contributed by atoms with Crippen LogP contribution in [-0.4, -0.2) is 95.0 Å². The van der Waals surface area contributed by atoms with E-state index < -0.39 is 85.5 Å². The highest BCUT2D eigenvalue weighted by atomic mass is 31.2. The Bertz CT molecular complexity index is 1270. The Labute approximate surface area is 398 Å². The van der Waals surface area contributed by atoms with Gasteiger partial charge in [-0.05, 0) is 77.0 Å². The van der Waals surface area contributed by atoms with E-state index in [-0.39, 0.29) is 12.8 Å². The number of aliphatic hydroxyl groups is 3. The number of phosphoric acid groups is 2. The zero-order valence-corrected chi connectivity index (χ0v) is 42.4. The monoisotopic (exact) mass is 981 g/mol. The van der Waals surface area contributed by atoms with Gasteiger partial charge in [-0.3, -0.25) is 27.7 Å². The molecule has 0 saturated heterocycles. The molecule has 4 unspecified atom stereocenters. The molecule has 0 radical (unpaired) electrons. The molecule has 0 aromatic heterocycles. The van der Waals surface area contributed by atoms with Gasteiger partial charge in [0.05, 0.1) is 26.4 Å². The SMILES string of the molecule is CCCCC/C=C\C/C=C\CCCCCCCCCC(=O)OCC(O)COP(=O)(O)OCC(O)COP(=O)(O)OCC(O)COC(=O)CCCCCCCCC/C=C\C/C=C\CCCCC. The van der Waals surface area contributed by atoms with Crippen molar-refractivity contribution >= 4 is 27.6 Å². The van der Waals surface area contributed by atoms with Gasteiger partial charge in [0.2, 0.25) is 0 Å². The largest absolute Gasteiger partial charge is 0.472 e. The first-order chi connectivity index (χ1) is 31.8. The lowest BCUT2D eigenvalue weighted by Crippen LogP contribution is -2.25. The van der Waals surface area contributed by atoms with Crippen LogP contribution in [0.4, 0.5) is 0 Å².